The number of carbonyl (C=O) groups is 3. The van der Waals surface area contributed by atoms with E-state index in [4.69, 9.17) is 10.2 Å². The lowest BCUT2D eigenvalue weighted by atomic mass is 9.96. The highest BCUT2D eigenvalue weighted by atomic mass is 17.2. The normalized spacial score (nSPS) is 14.0. The van der Waals surface area contributed by atoms with Crippen LogP contribution in [0.4, 0.5) is 0 Å². The summed E-state index contributed by atoms with van der Waals surface area (Å²) in [7, 11) is 1.01. The van der Waals surface area contributed by atoms with Crippen LogP contribution in [0.5, 0.6) is 0 Å². The second-order valence-electron chi connectivity index (χ2n) is 2.71. The third-order valence-corrected chi connectivity index (χ3v) is 1.45. The summed E-state index contributed by atoms with van der Waals surface area (Å²) in [6.45, 7) is 0. The molecule has 0 fully saturated rings. The van der Waals surface area contributed by atoms with Crippen LogP contribution in [0, 0.1) is 0 Å². The van der Waals surface area contributed by atoms with E-state index >= 15 is 0 Å². The van der Waals surface area contributed by atoms with Crippen LogP contribution in [0.3, 0.4) is 0 Å². The first-order valence-electron chi connectivity index (χ1n) is 3.73. The van der Waals surface area contributed by atoms with Gasteiger partial charge in [0.05, 0.1) is 20.0 Å². The minimum Gasteiger partial charge on any atom is -0.481 e. The number of carboxylic acids is 2. The highest BCUT2D eigenvalue weighted by Crippen LogP contribution is 2.16. The average Bonchev–Trinajstić information content (AvgIpc) is 2.01. The van der Waals surface area contributed by atoms with Gasteiger partial charge in [-0.1, -0.05) is 0 Å². The minimum absolute atomic E-state index is 1.01. The van der Waals surface area contributed by atoms with E-state index in [1.54, 1.807) is 0 Å². The molecule has 0 saturated carbocycles. The molecule has 0 heterocycles. The molecule has 0 amide bonds. The Hall–Kier alpha value is -1.67. The molecular weight excluding hydrogens is 212 g/mol. The minimum atomic E-state index is -2.69. The van der Waals surface area contributed by atoms with Crippen molar-refractivity contribution in [1.29, 1.82) is 0 Å². The molecule has 0 saturated heterocycles. The summed E-state index contributed by atoms with van der Waals surface area (Å²) in [5.74, 6) is -4.55. The van der Waals surface area contributed by atoms with E-state index in [2.05, 4.69) is 9.78 Å². The Kier molecular flexibility index (Phi) is 4.68. The maximum absolute atomic E-state index is 10.8. The van der Waals surface area contributed by atoms with Gasteiger partial charge in [0, 0.05) is 0 Å². The summed E-state index contributed by atoms with van der Waals surface area (Å²) in [5, 5.41) is 26.2. The van der Waals surface area contributed by atoms with Crippen molar-refractivity contribution in [3.05, 3.63) is 0 Å². The first-order valence-corrected chi connectivity index (χ1v) is 3.73. The van der Waals surface area contributed by atoms with Crippen molar-refractivity contribution in [2.45, 2.75) is 18.4 Å². The lowest BCUT2D eigenvalue weighted by Crippen LogP contribution is -2.43. The molecule has 3 N–H and O–H groups in total. The lowest BCUT2D eigenvalue weighted by Gasteiger charge is -2.19. The van der Waals surface area contributed by atoms with Crippen LogP contribution in [0.1, 0.15) is 12.8 Å². The van der Waals surface area contributed by atoms with Gasteiger partial charge in [0.2, 0.25) is 0 Å². The summed E-state index contributed by atoms with van der Waals surface area (Å²) in [4.78, 5) is 39.4. The number of aliphatic hydroxyl groups is 1. The van der Waals surface area contributed by atoms with Gasteiger partial charge >= 0.3 is 17.9 Å². The Morgan fingerprint density at radius 1 is 1.20 bits per heavy atom. The smallest absolute Gasteiger partial charge is 0.345 e. The topological polar surface area (TPSA) is 130 Å². The van der Waals surface area contributed by atoms with Crippen LogP contribution in [0.2, 0.25) is 0 Å². The van der Waals surface area contributed by atoms with Gasteiger partial charge in [-0.05, 0) is 0 Å². The maximum Gasteiger partial charge on any atom is 0.345 e. The molecule has 8 nitrogen and oxygen atoms in total. The number of aliphatic carboxylic acids is 2. The Labute approximate surface area is 84.0 Å². The van der Waals surface area contributed by atoms with Crippen LogP contribution >= 0.6 is 0 Å². The van der Waals surface area contributed by atoms with Crippen molar-refractivity contribution >= 4 is 17.9 Å². The van der Waals surface area contributed by atoms with Crippen LogP contribution in [0.25, 0.3) is 0 Å². The van der Waals surface area contributed by atoms with E-state index in [-0.39, 0.29) is 0 Å². The van der Waals surface area contributed by atoms with Gasteiger partial charge in [-0.15, -0.1) is 0 Å². The molecule has 0 aliphatic rings. The van der Waals surface area contributed by atoms with Crippen LogP contribution in [-0.4, -0.2) is 45.9 Å². The van der Waals surface area contributed by atoms with Crippen LogP contribution in [-0.2, 0) is 24.2 Å². The zero-order valence-corrected chi connectivity index (χ0v) is 7.80. The van der Waals surface area contributed by atoms with E-state index in [1.165, 1.54) is 0 Å². The van der Waals surface area contributed by atoms with Gasteiger partial charge < -0.3 is 15.3 Å². The molecule has 0 aromatic heterocycles. The van der Waals surface area contributed by atoms with E-state index in [9.17, 15) is 19.5 Å². The van der Waals surface area contributed by atoms with Crippen LogP contribution in [0.15, 0.2) is 0 Å². The Balaban J connectivity index is 4.58. The van der Waals surface area contributed by atoms with E-state index in [1.807, 2.05) is 0 Å². The number of rotatable bonds is 6. The quantitative estimate of drug-likeness (QED) is 0.376. The molecule has 0 aliphatic carbocycles. The summed E-state index contributed by atoms with van der Waals surface area (Å²) in [6, 6.07) is 0. The first-order chi connectivity index (χ1) is 6.81. The van der Waals surface area contributed by atoms with Crippen molar-refractivity contribution in [2.24, 2.45) is 0 Å². The average molecular weight is 222 g/mol. The maximum atomic E-state index is 10.8. The molecular formula is C7H10O8. The molecule has 0 aromatic rings. The molecule has 15 heavy (non-hydrogen) atoms. The molecule has 0 spiro atoms. The second kappa shape index (κ2) is 5.27. The predicted octanol–water partition coefficient (Wildman–Crippen LogP) is -1.23. The van der Waals surface area contributed by atoms with E-state index in [0.717, 1.165) is 7.11 Å². The largest absolute Gasteiger partial charge is 0.481 e. The summed E-state index contributed by atoms with van der Waals surface area (Å²) in [6.07, 6.45) is -2.12. The highest BCUT2D eigenvalue weighted by Gasteiger charge is 2.41. The molecule has 0 bridgehead atoms. The number of carboxylic acid groups (broad SMARTS) is 2. The van der Waals surface area contributed by atoms with E-state index < -0.39 is 36.4 Å². The monoisotopic (exact) mass is 222 g/mol. The zero-order chi connectivity index (χ0) is 12.1. The number of carbonyl (C=O) groups excluding carboxylic acids is 1. The SMILES string of the molecule is COOC(=O)CC(O)(CC(=O)O)C(=O)O. The van der Waals surface area contributed by atoms with Gasteiger partial charge in [0.1, 0.15) is 0 Å². The summed E-state index contributed by atoms with van der Waals surface area (Å²) >= 11 is 0. The van der Waals surface area contributed by atoms with Crippen molar-refractivity contribution in [3.63, 3.8) is 0 Å². The molecule has 1 atom stereocenters. The van der Waals surface area contributed by atoms with Crippen molar-refractivity contribution in [3.8, 4) is 0 Å². The highest BCUT2D eigenvalue weighted by molar-refractivity contribution is 5.88. The second-order valence-corrected chi connectivity index (χ2v) is 2.71. The van der Waals surface area contributed by atoms with Crippen molar-refractivity contribution in [1.82, 2.24) is 0 Å². The van der Waals surface area contributed by atoms with Gasteiger partial charge in [0.25, 0.3) is 0 Å². The fourth-order valence-corrected chi connectivity index (χ4v) is 0.825. The molecule has 8 heteroatoms. The molecule has 0 aliphatic heterocycles. The van der Waals surface area contributed by atoms with Gasteiger partial charge in [0.15, 0.2) is 5.60 Å². The Bertz CT molecular complexity index is 272. The lowest BCUT2D eigenvalue weighted by molar-refractivity contribution is -0.258. The van der Waals surface area contributed by atoms with Crippen molar-refractivity contribution in [2.75, 3.05) is 7.11 Å². The van der Waals surface area contributed by atoms with Gasteiger partial charge in [-0.25, -0.2) is 9.59 Å². The standard InChI is InChI=1S/C7H10O8/c1-14-15-5(10)3-7(13,6(11)12)2-4(8)9/h13H,2-3H2,1H3,(H,8,9)(H,11,12). The molecule has 0 rings (SSSR count). The summed E-state index contributed by atoms with van der Waals surface area (Å²) in [5.41, 5.74) is -2.69. The summed E-state index contributed by atoms with van der Waals surface area (Å²) < 4.78 is 0. The van der Waals surface area contributed by atoms with Gasteiger partial charge in [-0.3, -0.25) is 9.68 Å². The molecule has 1 unspecified atom stereocenters. The third kappa shape index (κ3) is 4.38. The van der Waals surface area contributed by atoms with Crippen molar-refractivity contribution < 1.29 is 39.5 Å². The van der Waals surface area contributed by atoms with Gasteiger partial charge in [-0.2, -0.15) is 4.89 Å². The molecule has 0 aromatic carbocycles. The molecule has 86 valence electrons. The molecule has 0 radical (unpaired) electrons. The number of hydrogen-bond acceptors (Lipinski definition) is 6. The van der Waals surface area contributed by atoms with Crippen LogP contribution < -0.4 is 0 Å². The first kappa shape index (κ1) is 13.3. The fraction of sp³-hybridized carbons (Fsp3) is 0.571. The fourth-order valence-electron chi connectivity index (χ4n) is 0.825. The Morgan fingerprint density at radius 3 is 2.07 bits per heavy atom. The van der Waals surface area contributed by atoms with E-state index in [0.29, 0.717) is 0 Å². The Morgan fingerprint density at radius 2 is 1.73 bits per heavy atom. The third-order valence-electron chi connectivity index (χ3n) is 1.45. The zero-order valence-electron chi connectivity index (χ0n) is 7.80. The predicted molar refractivity (Wildman–Crippen MR) is 42.6 cm³/mol. The number of hydrogen-bond donors (Lipinski definition) is 3.